The van der Waals surface area contributed by atoms with Gasteiger partial charge in [0.25, 0.3) is 0 Å². The lowest BCUT2D eigenvalue weighted by Gasteiger charge is -2.15. The van der Waals surface area contributed by atoms with E-state index in [0.717, 1.165) is 44.1 Å². The van der Waals surface area contributed by atoms with E-state index in [1.165, 1.54) is 0 Å². The van der Waals surface area contributed by atoms with E-state index in [2.05, 4.69) is 67.8 Å². The summed E-state index contributed by atoms with van der Waals surface area (Å²) in [5, 5.41) is 31.8. The zero-order valence-corrected chi connectivity index (χ0v) is 21.8. The van der Waals surface area contributed by atoms with Crippen LogP contribution in [0, 0.1) is 24.6 Å². The minimum atomic E-state index is 0.215. The molecule has 0 heterocycles. The highest BCUT2D eigenvalue weighted by molar-refractivity contribution is 14.1. The fourth-order valence-electron chi connectivity index (χ4n) is 3.28. The van der Waals surface area contributed by atoms with Crippen LogP contribution in [-0.2, 0) is 12.8 Å². The molecule has 0 atom stereocenters. The molecule has 0 saturated heterocycles. The summed E-state index contributed by atoms with van der Waals surface area (Å²) in [5.74, 6) is 0.754. The van der Waals surface area contributed by atoms with E-state index >= 15 is 0 Å². The van der Waals surface area contributed by atoms with Crippen molar-refractivity contribution in [3.63, 3.8) is 0 Å². The number of phenolic OH excluding ortho intramolecular Hbond substituents is 3. The zero-order valence-electron chi connectivity index (χ0n) is 15.4. The third kappa shape index (κ3) is 4.86. The number of phenols is 3. The number of rotatable bonds is 4. The molecule has 0 aliphatic rings. The number of aromatic hydroxyl groups is 3. The van der Waals surface area contributed by atoms with Gasteiger partial charge in [0.05, 0.1) is 0 Å². The molecule has 146 valence electrons. The summed E-state index contributed by atoms with van der Waals surface area (Å²) < 4.78 is 3.10. The molecule has 0 aromatic heterocycles. The van der Waals surface area contributed by atoms with Crippen LogP contribution in [0.5, 0.6) is 17.2 Å². The topological polar surface area (TPSA) is 60.7 Å². The summed E-state index contributed by atoms with van der Waals surface area (Å²) in [4.78, 5) is 0. The van der Waals surface area contributed by atoms with E-state index in [9.17, 15) is 15.3 Å². The standard InChI is InChI=1S/C22H19I3O3/c1-11-3-17(23)7-13(20(11)26)5-15-9-19(25)10-16(22(15)28)6-14-8-18(24)4-12(2)21(14)27/h3-4,7-10,26-28H,5-6H2,1-2H3. The average molecular weight is 712 g/mol. The van der Waals surface area contributed by atoms with E-state index < -0.39 is 0 Å². The Labute approximate surface area is 205 Å². The molecule has 0 aliphatic heterocycles. The Morgan fingerprint density at radius 2 is 0.821 bits per heavy atom. The Morgan fingerprint density at radius 3 is 1.18 bits per heavy atom. The molecule has 6 heteroatoms. The van der Waals surface area contributed by atoms with Crippen molar-refractivity contribution >= 4 is 67.8 Å². The van der Waals surface area contributed by atoms with Crippen molar-refractivity contribution in [3.8, 4) is 17.2 Å². The van der Waals surface area contributed by atoms with Crippen molar-refractivity contribution in [2.45, 2.75) is 26.7 Å². The average Bonchev–Trinajstić information content (AvgIpc) is 2.60. The Hall–Kier alpha value is -0.750. The second-order valence-corrected chi connectivity index (χ2v) is 10.6. The van der Waals surface area contributed by atoms with E-state index in [1.807, 2.05) is 50.2 Å². The first-order chi connectivity index (χ1) is 13.2. The summed E-state index contributed by atoms with van der Waals surface area (Å²) in [7, 11) is 0. The molecule has 3 aromatic carbocycles. The van der Waals surface area contributed by atoms with Gasteiger partial charge in [0.15, 0.2) is 0 Å². The SMILES string of the molecule is Cc1cc(I)cc(Cc2cc(I)cc(Cc3cc(I)cc(C)c3O)c2O)c1O. The molecular formula is C22H19I3O3. The molecule has 3 rings (SSSR count). The molecule has 0 saturated carbocycles. The maximum atomic E-state index is 10.9. The zero-order chi connectivity index (χ0) is 20.6. The van der Waals surface area contributed by atoms with Crippen LogP contribution in [0.2, 0.25) is 0 Å². The van der Waals surface area contributed by atoms with Crippen LogP contribution in [0.25, 0.3) is 0 Å². The van der Waals surface area contributed by atoms with Gasteiger partial charge >= 0.3 is 0 Å². The van der Waals surface area contributed by atoms with Crippen molar-refractivity contribution < 1.29 is 15.3 Å². The molecule has 0 spiro atoms. The van der Waals surface area contributed by atoms with Gasteiger partial charge in [-0.25, -0.2) is 0 Å². The predicted molar refractivity (Wildman–Crippen MR) is 138 cm³/mol. The Kier molecular flexibility index (Phi) is 7.01. The molecule has 0 amide bonds. The maximum Gasteiger partial charge on any atom is 0.122 e. The number of benzene rings is 3. The van der Waals surface area contributed by atoms with Gasteiger partial charge in [0.2, 0.25) is 0 Å². The second-order valence-electron chi connectivity index (χ2n) is 6.89. The summed E-state index contributed by atoms with van der Waals surface area (Å²) >= 11 is 6.71. The number of aryl methyl sites for hydroxylation is 2. The largest absolute Gasteiger partial charge is 0.507 e. The first kappa shape index (κ1) is 21.9. The third-order valence-corrected chi connectivity index (χ3v) is 6.55. The smallest absolute Gasteiger partial charge is 0.122 e. The molecule has 0 radical (unpaired) electrons. The molecule has 3 aromatic rings. The summed E-state index contributed by atoms with van der Waals surface area (Å²) in [6, 6.07) is 11.6. The van der Waals surface area contributed by atoms with E-state index in [-0.39, 0.29) is 17.2 Å². The monoisotopic (exact) mass is 712 g/mol. The molecule has 0 aliphatic carbocycles. The van der Waals surface area contributed by atoms with Crippen LogP contribution >= 0.6 is 67.8 Å². The molecule has 3 N–H and O–H groups in total. The van der Waals surface area contributed by atoms with Crippen LogP contribution < -0.4 is 0 Å². The first-order valence-corrected chi connectivity index (χ1v) is 11.9. The quantitative estimate of drug-likeness (QED) is 0.274. The van der Waals surface area contributed by atoms with Crippen LogP contribution in [0.15, 0.2) is 36.4 Å². The molecule has 0 bridgehead atoms. The van der Waals surface area contributed by atoms with Gasteiger partial charge in [0.1, 0.15) is 17.2 Å². The number of hydrogen-bond acceptors (Lipinski definition) is 3. The van der Waals surface area contributed by atoms with Crippen molar-refractivity contribution in [1.29, 1.82) is 0 Å². The van der Waals surface area contributed by atoms with Gasteiger partial charge in [-0.05, 0) is 151 Å². The fraction of sp³-hybridized carbons (Fsp3) is 0.182. The van der Waals surface area contributed by atoms with Crippen LogP contribution in [-0.4, -0.2) is 15.3 Å². The van der Waals surface area contributed by atoms with Gasteiger partial charge in [-0.2, -0.15) is 0 Å². The van der Waals surface area contributed by atoms with Crippen LogP contribution in [0.4, 0.5) is 0 Å². The molecule has 0 fully saturated rings. The molecule has 28 heavy (non-hydrogen) atoms. The summed E-state index contributed by atoms with van der Waals surface area (Å²) in [6.45, 7) is 3.76. The van der Waals surface area contributed by atoms with Crippen molar-refractivity contribution in [3.05, 3.63) is 80.5 Å². The number of hydrogen-bond donors (Lipinski definition) is 3. The Morgan fingerprint density at radius 1 is 0.536 bits per heavy atom. The van der Waals surface area contributed by atoms with Gasteiger partial charge < -0.3 is 15.3 Å². The highest BCUT2D eigenvalue weighted by atomic mass is 127. The third-order valence-electron chi connectivity index (χ3n) is 4.68. The van der Waals surface area contributed by atoms with Crippen molar-refractivity contribution in [1.82, 2.24) is 0 Å². The van der Waals surface area contributed by atoms with E-state index in [4.69, 9.17) is 0 Å². The minimum Gasteiger partial charge on any atom is -0.507 e. The lowest BCUT2D eigenvalue weighted by molar-refractivity contribution is 0.455. The first-order valence-electron chi connectivity index (χ1n) is 8.62. The molecule has 3 nitrogen and oxygen atoms in total. The minimum absolute atomic E-state index is 0.215. The van der Waals surface area contributed by atoms with Gasteiger partial charge in [-0.1, -0.05) is 0 Å². The maximum absolute atomic E-state index is 10.9. The lowest BCUT2D eigenvalue weighted by Crippen LogP contribution is -1.98. The second kappa shape index (κ2) is 8.95. The number of halogens is 3. The predicted octanol–water partition coefficient (Wildman–Crippen LogP) is 6.42. The lowest BCUT2D eigenvalue weighted by atomic mass is 9.95. The van der Waals surface area contributed by atoms with E-state index in [1.54, 1.807) is 0 Å². The fourth-order valence-corrected chi connectivity index (χ4v) is 5.71. The highest BCUT2D eigenvalue weighted by Gasteiger charge is 2.16. The van der Waals surface area contributed by atoms with Crippen molar-refractivity contribution in [2.75, 3.05) is 0 Å². The molecular weight excluding hydrogens is 693 g/mol. The summed E-state index contributed by atoms with van der Waals surface area (Å²) in [6.07, 6.45) is 0.882. The highest BCUT2D eigenvalue weighted by Crippen LogP contribution is 2.35. The summed E-state index contributed by atoms with van der Waals surface area (Å²) in [5.41, 5.74) is 4.76. The van der Waals surface area contributed by atoms with Gasteiger partial charge in [0, 0.05) is 23.6 Å². The normalized spacial score (nSPS) is 11.0. The Balaban J connectivity index is 2.02. The van der Waals surface area contributed by atoms with Crippen LogP contribution in [0.1, 0.15) is 33.4 Å². The Bertz CT molecular complexity index is 981. The van der Waals surface area contributed by atoms with Crippen LogP contribution in [0.3, 0.4) is 0 Å². The van der Waals surface area contributed by atoms with E-state index in [0.29, 0.717) is 12.8 Å². The molecule has 0 unspecified atom stereocenters. The van der Waals surface area contributed by atoms with Gasteiger partial charge in [-0.15, -0.1) is 0 Å². The van der Waals surface area contributed by atoms with Crippen molar-refractivity contribution in [2.24, 2.45) is 0 Å². The van der Waals surface area contributed by atoms with Gasteiger partial charge in [-0.3, -0.25) is 0 Å².